The van der Waals surface area contributed by atoms with E-state index in [1.54, 1.807) is 0 Å². The van der Waals surface area contributed by atoms with Gasteiger partial charge in [-0.3, -0.25) is 0 Å². The molecule has 0 aliphatic heterocycles. The summed E-state index contributed by atoms with van der Waals surface area (Å²) in [5.74, 6) is 1.86. The van der Waals surface area contributed by atoms with Gasteiger partial charge in [-0.1, -0.05) is 12.5 Å². The Bertz CT molecular complexity index is 331. The van der Waals surface area contributed by atoms with Gasteiger partial charge in [0, 0.05) is 0 Å². The van der Waals surface area contributed by atoms with Crippen molar-refractivity contribution in [1.82, 2.24) is 5.32 Å². The highest BCUT2D eigenvalue weighted by molar-refractivity contribution is 5.06. The van der Waals surface area contributed by atoms with E-state index in [9.17, 15) is 0 Å². The molecule has 96 valence electrons. The van der Waals surface area contributed by atoms with Gasteiger partial charge in [-0.25, -0.2) is 0 Å². The highest BCUT2D eigenvalue weighted by Crippen LogP contribution is 2.09. The van der Waals surface area contributed by atoms with E-state index >= 15 is 0 Å². The molecular formula is C14H23NO2. The average Bonchev–Trinajstić information content (AvgIpc) is 2.73. The minimum absolute atomic E-state index is 0.543. The van der Waals surface area contributed by atoms with E-state index in [1.165, 1.54) is 0 Å². The van der Waals surface area contributed by atoms with E-state index in [1.807, 2.05) is 19.1 Å². The topological polar surface area (TPSA) is 34.4 Å². The summed E-state index contributed by atoms with van der Waals surface area (Å²) in [5.41, 5.74) is 1.15. The van der Waals surface area contributed by atoms with Gasteiger partial charge in [0.15, 0.2) is 0 Å². The van der Waals surface area contributed by atoms with Crippen molar-refractivity contribution in [2.24, 2.45) is 0 Å². The Morgan fingerprint density at radius 3 is 2.88 bits per heavy atom. The normalized spacial score (nSPS) is 10.7. The Hall–Kier alpha value is -1.06. The maximum atomic E-state index is 5.63. The van der Waals surface area contributed by atoms with Crippen LogP contribution in [0.5, 0.6) is 0 Å². The molecule has 0 spiro atoms. The number of furan rings is 1. The zero-order chi connectivity index (χ0) is 12.5. The predicted molar refractivity (Wildman–Crippen MR) is 69.8 cm³/mol. The third-order valence-electron chi connectivity index (χ3n) is 2.36. The van der Waals surface area contributed by atoms with E-state index in [0.29, 0.717) is 13.2 Å². The zero-order valence-electron chi connectivity index (χ0n) is 10.9. The van der Waals surface area contributed by atoms with Gasteiger partial charge in [0.25, 0.3) is 0 Å². The van der Waals surface area contributed by atoms with Gasteiger partial charge in [0.1, 0.15) is 18.1 Å². The van der Waals surface area contributed by atoms with Crippen LogP contribution < -0.4 is 5.32 Å². The molecule has 1 heterocycles. The van der Waals surface area contributed by atoms with E-state index in [4.69, 9.17) is 9.15 Å². The van der Waals surface area contributed by atoms with Crippen LogP contribution in [-0.4, -0.2) is 13.2 Å². The number of nitrogens with one attached hydrogen (secondary N) is 1. The molecule has 0 atom stereocenters. The van der Waals surface area contributed by atoms with Gasteiger partial charge in [-0.2, -0.15) is 0 Å². The molecule has 0 fully saturated rings. The van der Waals surface area contributed by atoms with Crippen LogP contribution in [0.4, 0.5) is 0 Å². The van der Waals surface area contributed by atoms with E-state index in [0.717, 1.165) is 43.0 Å². The number of rotatable bonds is 9. The second-order valence-corrected chi connectivity index (χ2v) is 4.30. The molecule has 1 rings (SSSR count). The van der Waals surface area contributed by atoms with Crippen molar-refractivity contribution in [3.05, 3.63) is 35.8 Å². The number of ether oxygens (including phenoxy) is 1. The molecule has 17 heavy (non-hydrogen) atoms. The molecule has 1 aromatic rings. The van der Waals surface area contributed by atoms with Crippen LogP contribution in [0.15, 0.2) is 28.7 Å². The number of hydrogen-bond donors (Lipinski definition) is 1. The molecule has 0 radical (unpaired) electrons. The summed E-state index contributed by atoms with van der Waals surface area (Å²) in [5, 5.41) is 3.30. The van der Waals surface area contributed by atoms with Crippen molar-refractivity contribution >= 4 is 0 Å². The van der Waals surface area contributed by atoms with Crippen molar-refractivity contribution in [2.45, 2.75) is 39.8 Å². The Balaban J connectivity index is 2.18. The van der Waals surface area contributed by atoms with Crippen molar-refractivity contribution in [2.75, 3.05) is 13.2 Å². The van der Waals surface area contributed by atoms with Gasteiger partial charge < -0.3 is 14.5 Å². The van der Waals surface area contributed by atoms with Crippen LogP contribution in [0.3, 0.4) is 0 Å². The molecule has 0 unspecified atom stereocenters. The van der Waals surface area contributed by atoms with E-state index in [-0.39, 0.29) is 0 Å². The monoisotopic (exact) mass is 237 g/mol. The van der Waals surface area contributed by atoms with Gasteiger partial charge in [0.2, 0.25) is 0 Å². The Kier molecular flexibility index (Phi) is 6.67. The fraction of sp³-hybridized carbons (Fsp3) is 0.571. The first-order valence-electron chi connectivity index (χ1n) is 6.22. The Morgan fingerprint density at radius 2 is 2.18 bits per heavy atom. The first-order chi connectivity index (χ1) is 8.22. The lowest BCUT2D eigenvalue weighted by Crippen LogP contribution is -2.13. The summed E-state index contributed by atoms with van der Waals surface area (Å²) >= 11 is 0. The largest absolute Gasteiger partial charge is 0.462 e. The van der Waals surface area contributed by atoms with Crippen LogP contribution in [0.2, 0.25) is 0 Å². The molecule has 0 saturated carbocycles. The summed E-state index contributed by atoms with van der Waals surface area (Å²) in [6, 6.07) is 3.98. The first kappa shape index (κ1) is 14.0. The van der Waals surface area contributed by atoms with Gasteiger partial charge >= 0.3 is 0 Å². The standard InChI is InChI=1S/C14H23NO2/c1-4-8-15-10-13-5-6-14(17-13)11-16-9-7-12(2)3/h5-6,15H,2,4,7-11H2,1,3H3. The summed E-state index contributed by atoms with van der Waals surface area (Å²) in [4.78, 5) is 0. The van der Waals surface area contributed by atoms with Crippen LogP contribution >= 0.6 is 0 Å². The fourth-order valence-electron chi connectivity index (χ4n) is 1.40. The van der Waals surface area contributed by atoms with Crippen LogP contribution in [-0.2, 0) is 17.9 Å². The first-order valence-corrected chi connectivity index (χ1v) is 6.22. The maximum Gasteiger partial charge on any atom is 0.129 e. The molecule has 1 aromatic heterocycles. The second-order valence-electron chi connectivity index (χ2n) is 4.30. The average molecular weight is 237 g/mol. The second kappa shape index (κ2) is 8.09. The quantitative estimate of drug-likeness (QED) is 0.529. The molecule has 3 nitrogen and oxygen atoms in total. The molecule has 0 amide bonds. The van der Waals surface area contributed by atoms with Crippen molar-refractivity contribution in [3.8, 4) is 0 Å². The zero-order valence-corrected chi connectivity index (χ0v) is 10.9. The van der Waals surface area contributed by atoms with Crippen LogP contribution in [0.25, 0.3) is 0 Å². The van der Waals surface area contributed by atoms with Crippen molar-refractivity contribution < 1.29 is 9.15 Å². The molecular weight excluding hydrogens is 214 g/mol. The molecule has 0 aromatic carbocycles. The Labute approximate surface area is 104 Å². The maximum absolute atomic E-state index is 5.63. The highest BCUT2D eigenvalue weighted by atomic mass is 16.5. The lowest BCUT2D eigenvalue weighted by atomic mass is 10.3. The molecule has 1 N–H and O–H groups in total. The summed E-state index contributed by atoms with van der Waals surface area (Å²) in [7, 11) is 0. The summed E-state index contributed by atoms with van der Waals surface area (Å²) < 4.78 is 11.1. The van der Waals surface area contributed by atoms with Crippen LogP contribution in [0.1, 0.15) is 38.2 Å². The third-order valence-corrected chi connectivity index (χ3v) is 2.36. The van der Waals surface area contributed by atoms with Crippen molar-refractivity contribution in [3.63, 3.8) is 0 Å². The molecule has 3 heteroatoms. The minimum atomic E-state index is 0.543. The predicted octanol–water partition coefficient (Wildman–Crippen LogP) is 3.26. The van der Waals surface area contributed by atoms with Gasteiger partial charge in [0.05, 0.1) is 13.2 Å². The lowest BCUT2D eigenvalue weighted by Gasteiger charge is -2.02. The fourth-order valence-corrected chi connectivity index (χ4v) is 1.40. The van der Waals surface area contributed by atoms with E-state index in [2.05, 4.69) is 18.8 Å². The van der Waals surface area contributed by atoms with E-state index < -0.39 is 0 Å². The molecule has 0 saturated heterocycles. The van der Waals surface area contributed by atoms with Crippen molar-refractivity contribution in [1.29, 1.82) is 0 Å². The molecule has 0 bridgehead atoms. The minimum Gasteiger partial charge on any atom is -0.462 e. The lowest BCUT2D eigenvalue weighted by molar-refractivity contribution is 0.108. The summed E-state index contributed by atoms with van der Waals surface area (Å²) in [6.45, 7) is 11.1. The molecule has 0 aliphatic rings. The van der Waals surface area contributed by atoms with Gasteiger partial charge in [-0.15, -0.1) is 6.58 Å². The molecule has 0 aliphatic carbocycles. The van der Waals surface area contributed by atoms with Gasteiger partial charge in [-0.05, 0) is 38.4 Å². The smallest absolute Gasteiger partial charge is 0.129 e. The summed E-state index contributed by atoms with van der Waals surface area (Å²) in [6.07, 6.45) is 2.04. The SMILES string of the molecule is C=C(C)CCOCc1ccc(CNCCC)o1. The number of hydrogen-bond acceptors (Lipinski definition) is 3. The Morgan fingerprint density at radius 1 is 1.41 bits per heavy atom. The third kappa shape index (κ3) is 6.29. The van der Waals surface area contributed by atoms with Crippen LogP contribution in [0, 0.1) is 0 Å². The highest BCUT2D eigenvalue weighted by Gasteiger charge is 2.01.